The van der Waals surface area contributed by atoms with Crippen LogP contribution in [0.3, 0.4) is 0 Å². The molecule has 1 aromatic rings. The molecule has 2 aliphatic heterocycles. The van der Waals surface area contributed by atoms with Crippen LogP contribution in [-0.4, -0.2) is 63.6 Å². The van der Waals surface area contributed by atoms with Crippen LogP contribution in [0.1, 0.15) is 12.6 Å². The first-order valence-electron chi connectivity index (χ1n) is 7.95. The summed E-state index contributed by atoms with van der Waals surface area (Å²) in [5, 5.41) is 18.6. The zero-order valence-corrected chi connectivity index (χ0v) is 19.7. The van der Waals surface area contributed by atoms with E-state index in [4.69, 9.17) is 10.5 Å². The second-order valence-electron chi connectivity index (χ2n) is 5.71. The van der Waals surface area contributed by atoms with Gasteiger partial charge in [-0.05, 0) is 0 Å². The van der Waals surface area contributed by atoms with E-state index < -0.39 is 40.9 Å². The van der Waals surface area contributed by atoms with Crippen molar-refractivity contribution < 1.29 is 63.4 Å². The number of oxime groups is 1. The zero-order valence-electron chi connectivity index (χ0n) is 16.0. The molecule has 1 aromatic heterocycles. The standard InChI is InChI=1S/C15H15N5O7S2.Na/c1-5(21)27-7-4-28-13-9(12(23)20(13)10(7)14(24)25)18-11(22)8(19-26-2)6-3-29-15(16)17-6;/h3,9,13H,4H2,1-2H3,(H2,16,17)(H,18,22)(H,24,25);/q;+1/p-1/b19-8+;/t9-,13-;/m1./s1. The molecule has 0 spiro atoms. The second kappa shape index (κ2) is 9.78. The van der Waals surface area contributed by atoms with Gasteiger partial charge in [0.25, 0.3) is 11.8 Å². The topological polar surface area (TPSA) is 176 Å². The smallest absolute Gasteiger partial charge is 0.543 e. The number of thiazole rings is 1. The molecule has 1 saturated heterocycles. The molecule has 3 rings (SSSR count). The number of nitrogens with one attached hydrogen (secondary N) is 1. The quantitative estimate of drug-likeness (QED) is 0.137. The molecule has 154 valence electrons. The molecule has 2 atom stereocenters. The number of nitrogen functional groups attached to an aromatic ring is 1. The predicted octanol–water partition coefficient (Wildman–Crippen LogP) is -5.00. The summed E-state index contributed by atoms with van der Waals surface area (Å²) in [5.41, 5.74) is 5.01. The molecule has 2 aliphatic rings. The number of carbonyl (C=O) groups is 4. The van der Waals surface area contributed by atoms with E-state index in [1.807, 2.05) is 0 Å². The predicted molar refractivity (Wildman–Crippen MR) is 98.9 cm³/mol. The molecular weight excluding hydrogens is 449 g/mol. The number of aromatic nitrogens is 1. The average molecular weight is 463 g/mol. The van der Waals surface area contributed by atoms with Gasteiger partial charge in [-0.25, -0.2) is 4.98 Å². The van der Waals surface area contributed by atoms with Crippen LogP contribution in [0.25, 0.3) is 0 Å². The summed E-state index contributed by atoms with van der Waals surface area (Å²) >= 11 is 2.22. The molecule has 0 radical (unpaired) electrons. The monoisotopic (exact) mass is 463 g/mol. The molecule has 0 aliphatic carbocycles. The van der Waals surface area contributed by atoms with Gasteiger partial charge in [-0.2, -0.15) is 0 Å². The van der Waals surface area contributed by atoms with Crippen LogP contribution in [-0.2, 0) is 28.8 Å². The zero-order chi connectivity index (χ0) is 21.3. The van der Waals surface area contributed by atoms with E-state index >= 15 is 0 Å². The van der Waals surface area contributed by atoms with Crippen molar-refractivity contribution in [3.05, 3.63) is 22.5 Å². The minimum absolute atomic E-state index is 0. The summed E-state index contributed by atoms with van der Waals surface area (Å²) in [6, 6.07) is -1.03. The van der Waals surface area contributed by atoms with Crippen molar-refractivity contribution in [3.63, 3.8) is 0 Å². The normalized spacial score (nSPS) is 20.5. The van der Waals surface area contributed by atoms with Crippen molar-refractivity contribution in [2.75, 3.05) is 18.6 Å². The molecule has 0 unspecified atom stereocenters. The number of esters is 1. The summed E-state index contributed by atoms with van der Waals surface area (Å²) in [6.45, 7) is 1.11. The number of hydrogen-bond acceptors (Lipinski definition) is 12. The van der Waals surface area contributed by atoms with E-state index in [2.05, 4.69) is 20.3 Å². The number of nitrogens with two attached hydrogens (primary N) is 1. The van der Waals surface area contributed by atoms with Gasteiger partial charge in [0.2, 0.25) is 0 Å². The number of hydrogen-bond donors (Lipinski definition) is 2. The summed E-state index contributed by atoms with van der Waals surface area (Å²) in [4.78, 5) is 57.3. The van der Waals surface area contributed by atoms with Crippen molar-refractivity contribution in [1.29, 1.82) is 0 Å². The molecular formula is C15H14N5NaO7S2. The Morgan fingerprint density at radius 3 is 2.67 bits per heavy atom. The maximum atomic E-state index is 12.6. The molecule has 1 fully saturated rings. The Labute approximate surface area is 200 Å². The van der Waals surface area contributed by atoms with Gasteiger partial charge in [-0.1, -0.05) is 5.16 Å². The second-order valence-corrected chi connectivity index (χ2v) is 7.70. The third kappa shape index (κ3) is 4.62. The van der Waals surface area contributed by atoms with Crippen LogP contribution in [0.15, 0.2) is 22.0 Å². The van der Waals surface area contributed by atoms with E-state index in [9.17, 15) is 24.3 Å². The van der Waals surface area contributed by atoms with E-state index in [1.165, 1.54) is 12.5 Å². The average Bonchev–Trinajstić information content (AvgIpc) is 3.08. The fourth-order valence-electron chi connectivity index (χ4n) is 2.73. The number of fused-ring (bicyclic) bond motifs is 1. The Balaban J connectivity index is 0.00000320. The number of aliphatic carboxylic acids is 1. The molecule has 3 heterocycles. The molecule has 2 amide bonds. The van der Waals surface area contributed by atoms with Gasteiger partial charge in [-0.3, -0.25) is 19.3 Å². The number of ether oxygens (including phenoxy) is 1. The van der Waals surface area contributed by atoms with Gasteiger partial charge in [0.15, 0.2) is 10.8 Å². The van der Waals surface area contributed by atoms with Crippen LogP contribution in [0.4, 0.5) is 5.13 Å². The minimum Gasteiger partial charge on any atom is -0.543 e. The SMILES string of the molecule is CO/N=C(/C(=O)N[C@@H]1C(=O)N2C(C(=O)[O-])=C(OC(C)=O)CS[C@H]12)c1csc(N)n1.[Na+]. The molecule has 0 saturated carbocycles. The number of carboxylic acid groups (broad SMARTS) is 1. The summed E-state index contributed by atoms with van der Waals surface area (Å²) < 4.78 is 4.88. The Morgan fingerprint density at radius 2 is 2.13 bits per heavy atom. The number of β-lactam (4-membered cyclic amide) rings is 1. The van der Waals surface area contributed by atoms with E-state index in [0.29, 0.717) is 0 Å². The Hall–Kier alpha value is -2.13. The minimum atomic E-state index is -1.66. The van der Waals surface area contributed by atoms with Crippen molar-refractivity contribution in [2.45, 2.75) is 18.3 Å². The molecule has 0 bridgehead atoms. The van der Waals surface area contributed by atoms with E-state index in [1.54, 1.807) is 0 Å². The first-order chi connectivity index (χ1) is 13.7. The maximum Gasteiger partial charge on any atom is 1.00 e. The third-order valence-electron chi connectivity index (χ3n) is 3.84. The largest absolute Gasteiger partial charge is 1.00 e. The fraction of sp³-hybridized carbons (Fsp3) is 0.333. The van der Waals surface area contributed by atoms with Crippen molar-refractivity contribution >= 4 is 57.7 Å². The molecule has 15 heteroatoms. The number of nitrogens with zero attached hydrogens (tertiary/aromatic N) is 3. The summed E-state index contributed by atoms with van der Waals surface area (Å²) in [5.74, 6) is -4.01. The summed E-state index contributed by atoms with van der Waals surface area (Å²) in [6.07, 6.45) is 0. The molecule has 0 aromatic carbocycles. The van der Waals surface area contributed by atoms with Crippen LogP contribution in [0.2, 0.25) is 0 Å². The van der Waals surface area contributed by atoms with Crippen molar-refractivity contribution in [3.8, 4) is 0 Å². The van der Waals surface area contributed by atoms with Crippen LogP contribution < -0.4 is 45.7 Å². The Kier molecular flexibility index (Phi) is 7.87. The third-order valence-corrected chi connectivity index (χ3v) is 5.77. The van der Waals surface area contributed by atoms with Crippen LogP contribution >= 0.6 is 23.1 Å². The van der Waals surface area contributed by atoms with E-state index in [0.717, 1.165) is 34.9 Å². The summed E-state index contributed by atoms with van der Waals surface area (Å²) in [7, 11) is 1.24. The van der Waals surface area contributed by atoms with Crippen molar-refractivity contribution in [2.24, 2.45) is 5.16 Å². The maximum absolute atomic E-state index is 12.6. The fourth-order valence-corrected chi connectivity index (χ4v) is 4.54. The Bertz CT molecular complexity index is 963. The number of carbonyl (C=O) groups excluding carboxylic acids is 4. The first-order valence-corrected chi connectivity index (χ1v) is 9.88. The number of amides is 2. The van der Waals surface area contributed by atoms with Gasteiger partial charge in [-0.15, -0.1) is 23.1 Å². The Morgan fingerprint density at radius 1 is 1.43 bits per heavy atom. The van der Waals surface area contributed by atoms with Gasteiger partial charge >= 0.3 is 35.5 Å². The molecule has 12 nitrogen and oxygen atoms in total. The van der Waals surface area contributed by atoms with Crippen molar-refractivity contribution in [1.82, 2.24) is 15.2 Å². The number of thioether (sulfide) groups is 1. The van der Waals surface area contributed by atoms with Crippen LogP contribution in [0.5, 0.6) is 0 Å². The molecule has 3 N–H and O–H groups in total. The van der Waals surface area contributed by atoms with Gasteiger partial charge in [0, 0.05) is 12.3 Å². The van der Waals surface area contributed by atoms with Gasteiger partial charge in [0.1, 0.15) is 35.7 Å². The van der Waals surface area contributed by atoms with Gasteiger partial charge in [0.05, 0.1) is 11.7 Å². The van der Waals surface area contributed by atoms with E-state index in [-0.39, 0.29) is 57.6 Å². The molecule has 30 heavy (non-hydrogen) atoms. The number of carboxylic acids is 1. The van der Waals surface area contributed by atoms with Gasteiger partial charge < -0.3 is 30.5 Å². The van der Waals surface area contributed by atoms with Crippen LogP contribution in [0, 0.1) is 0 Å². The first kappa shape index (κ1) is 24.1. The number of anilines is 1. The number of rotatable bonds is 6.